The van der Waals surface area contributed by atoms with Crippen LogP contribution >= 0.6 is 0 Å². The number of benzene rings is 1. The van der Waals surface area contributed by atoms with E-state index in [4.69, 9.17) is 9.84 Å². The molecule has 1 aromatic rings. The second kappa shape index (κ2) is 6.35. The average molecular weight is 280 g/mol. The lowest BCUT2D eigenvalue weighted by atomic mass is 9.80. The van der Waals surface area contributed by atoms with Crippen molar-refractivity contribution in [2.75, 3.05) is 0 Å². The van der Waals surface area contributed by atoms with Crippen molar-refractivity contribution in [3.05, 3.63) is 35.1 Å². The van der Waals surface area contributed by atoms with Crippen LogP contribution < -0.4 is 0 Å². The summed E-state index contributed by atoms with van der Waals surface area (Å²) < 4.78 is 18.9. The van der Waals surface area contributed by atoms with Gasteiger partial charge in [-0.1, -0.05) is 19.9 Å². The summed E-state index contributed by atoms with van der Waals surface area (Å²) in [5.74, 6) is -0.309. The van der Waals surface area contributed by atoms with Crippen molar-refractivity contribution in [2.24, 2.45) is 11.8 Å². The highest BCUT2D eigenvalue weighted by Gasteiger charge is 2.25. The Morgan fingerprint density at radius 3 is 2.75 bits per heavy atom. The quantitative estimate of drug-likeness (QED) is 0.910. The first kappa shape index (κ1) is 15.0. The van der Waals surface area contributed by atoms with Crippen LogP contribution in [0.2, 0.25) is 0 Å². The topological polar surface area (TPSA) is 46.5 Å². The average Bonchev–Trinajstić information content (AvgIpc) is 2.41. The Hall–Kier alpha value is -1.42. The fourth-order valence-corrected chi connectivity index (χ4v) is 2.73. The SMILES string of the molecule is CC1CCC(OCc2ccc(F)cc2C(=O)O)CC1C. The molecule has 0 amide bonds. The summed E-state index contributed by atoms with van der Waals surface area (Å²) in [6.45, 7) is 4.71. The van der Waals surface area contributed by atoms with Gasteiger partial charge in [-0.3, -0.25) is 0 Å². The molecule has 1 fully saturated rings. The van der Waals surface area contributed by atoms with Gasteiger partial charge in [0.15, 0.2) is 0 Å². The molecule has 20 heavy (non-hydrogen) atoms. The van der Waals surface area contributed by atoms with E-state index < -0.39 is 11.8 Å². The van der Waals surface area contributed by atoms with E-state index in [0.29, 0.717) is 11.5 Å². The van der Waals surface area contributed by atoms with Crippen molar-refractivity contribution < 1.29 is 19.0 Å². The summed E-state index contributed by atoms with van der Waals surface area (Å²) in [5.41, 5.74) is 0.521. The number of hydrogen-bond donors (Lipinski definition) is 1. The lowest BCUT2D eigenvalue weighted by Crippen LogP contribution is -2.26. The van der Waals surface area contributed by atoms with Gasteiger partial charge in [-0.05, 0) is 48.8 Å². The van der Waals surface area contributed by atoms with E-state index in [1.807, 2.05) is 0 Å². The van der Waals surface area contributed by atoms with E-state index in [-0.39, 0.29) is 18.3 Å². The van der Waals surface area contributed by atoms with Crippen LogP contribution in [-0.2, 0) is 11.3 Å². The highest BCUT2D eigenvalue weighted by molar-refractivity contribution is 5.89. The molecule has 1 aliphatic rings. The van der Waals surface area contributed by atoms with Crippen molar-refractivity contribution in [1.82, 2.24) is 0 Å². The van der Waals surface area contributed by atoms with Crippen molar-refractivity contribution in [2.45, 2.75) is 45.8 Å². The van der Waals surface area contributed by atoms with Gasteiger partial charge < -0.3 is 9.84 Å². The van der Waals surface area contributed by atoms with E-state index in [2.05, 4.69) is 13.8 Å². The van der Waals surface area contributed by atoms with Crippen LogP contribution in [0.15, 0.2) is 18.2 Å². The molecule has 0 heterocycles. The first-order chi connectivity index (χ1) is 9.47. The van der Waals surface area contributed by atoms with E-state index >= 15 is 0 Å². The minimum absolute atomic E-state index is 0.0118. The number of ether oxygens (including phenoxy) is 1. The molecule has 1 N–H and O–H groups in total. The molecule has 0 bridgehead atoms. The summed E-state index contributed by atoms with van der Waals surface area (Å²) in [6.07, 6.45) is 3.33. The lowest BCUT2D eigenvalue weighted by molar-refractivity contribution is -0.00787. The molecule has 110 valence electrons. The van der Waals surface area contributed by atoms with Gasteiger partial charge in [0.1, 0.15) is 5.82 Å². The van der Waals surface area contributed by atoms with Gasteiger partial charge in [0.05, 0.1) is 18.3 Å². The van der Waals surface area contributed by atoms with Crippen LogP contribution in [0.3, 0.4) is 0 Å². The third-order valence-corrected chi connectivity index (χ3v) is 4.33. The molecule has 0 spiro atoms. The number of halogens is 1. The third-order valence-electron chi connectivity index (χ3n) is 4.33. The Morgan fingerprint density at radius 1 is 1.35 bits per heavy atom. The van der Waals surface area contributed by atoms with E-state index in [1.54, 1.807) is 0 Å². The number of hydrogen-bond acceptors (Lipinski definition) is 2. The van der Waals surface area contributed by atoms with Gasteiger partial charge in [-0.15, -0.1) is 0 Å². The van der Waals surface area contributed by atoms with Gasteiger partial charge >= 0.3 is 5.97 Å². The summed E-state index contributed by atoms with van der Waals surface area (Å²) in [4.78, 5) is 11.1. The maximum Gasteiger partial charge on any atom is 0.336 e. The van der Waals surface area contributed by atoms with Crippen LogP contribution in [0.1, 0.15) is 49.0 Å². The molecular formula is C16H21FO3. The number of aromatic carboxylic acids is 1. The molecule has 4 heteroatoms. The molecule has 3 atom stereocenters. The van der Waals surface area contributed by atoms with E-state index in [0.717, 1.165) is 31.2 Å². The van der Waals surface area contributed by atoms with Gasteiger partial charge in [-0.25, -0.2) is 9.18 Å². The zero-order chi connectivity index (χ0) is 14.7. The molecule has 0 radical (unpaired) electrons. The summed E-state index contributed by atoms with van der Waals surface area (Å²) >= 11 is 0. The van der Waals surface area contributed by atoms with Gasteiger partial charge in [-0.2, -0.15) is 0 Å². The van der Waals surface area contributed by atoms with Crippen molar-refractivity contribution >= 4 is 5.97 Å². The highest BCUT2D eigenvalue weighted by Crippen LogP contribution is 2.31. The second-order valence-electron chi connectivity index (χ2n) is 5.81. The molecule has 2 rings (SSSR count). The maximum absolute atomic E-state index is 13.1. The maximum atomic E-state index is 13.1. The highest BCUT2D eigenvalue weighted by atomic mass is 19.1. The summed E-state index contributed by atoms with van der Waals surface area (Å²) in [7, 11) is 0. The molecule has 3 nitrogen and oxygen atoms in total. The third kappa shape index (κ3) is 3.57. The molecule has 0 aromatic heterocycles. The van der Waals surface area contributed by atoms with E-state index in [1.165, 1.54) is 12.1 Å². The van der Waals surface area contributed by atoms with Crippen LogP contribution in [0.25, 0.3) is 0 Å². The lowest BCUT2D eigenvalue weighted by Gasteiger charge is -2.32. The van der Waals surface area contributed by atoms with Crippen molar-refractivity contribution in [3.63, 3.8) is 0 Å². The van der Waals surface area contributed by atoms with Crippen LogP contribution in [0.5, 0.6) is 0 Å². The number of carboxylic acids is 1. The van der Waals surface area contributed by atoms with Gasteiger partial charge in [0.25, 0.3) is 0 Å². The van der Waals surface area contributed by atoms with Gasteiger partial charge in [0.2, 0.25) is 0 Å². The molecule has 0 saturated heterocycles. The predicted molar refractivity (Wildman–Crippen MR) is 74.1 cm³/mol. The Kier molecular flexibility index (Phi) is 4.76. The normalized spacial score (nSPS) is 26.4. The number of rotatable bonds is 4. The fraction of sp³-hybridized carbons (Fsp3) is 0.562. The first-order valence-corrected chi connectivity index (χ1v) is 7.10. The second-order valence-corrected chi connectivity index (χ2v) is 5.81. The zero-order valence-corrected chi connectivity index (χ0v) is 11.9. The number of carboxylic acid groups (broad SMARTS) is 1. The zero-order valence-electron chi connectivity index (χ0n) is 11.9. The summed E-state index contributed by atoms with van der Waals surface area (Å²) in [6, 6.07) is 3.82. The fourth-order valence-electron chi connectivity index (χ4n) is 2.73. The van der Waals surface area contributed by atoms with Crippen LogP contribution in [0.4, 0.5) is 4.39 Å². The smallest absolute Gasteiger partial charge is 0.336 e. The Balaban J connectivity index is 1.99. The molecule has 1 aromatic carbocycles. The summed E-state index contributed by atoms with van der Waals surface area (Å²) in [5, 5.41) is 9.08. The monoisotopic (exact) mass is 280 g/mol. The molecule has 0 aliphatic heterocycles. The van der Waals surface area contributed by atoms with Crippen LogP contribution in [0, 0.1) is 17.7 Å². The largest absolute Gasteiger partial charge is 0.478 e. The molecule has 3 unspecified atom stereocenters. The molecular weight excluding hydrogens is 259 g/mol. The Morgan fingerprint density at radius 2 is 2.10 bits per heavy atom. The Labute approximate surface area is 118 Å². The molecule has 1 aliphatic carbocycles. The van der Waals surface area contributed by atoms with Crippen molar-refractivity contribution in [3.8, 4) is 0 Å². The standard InChI is InChI=1S/C16H21FO3/c1-10-3-6-14(7-11(10)2)20-9-12-4-5-13(17)8-15(12)16(18)19/h4-5,8,10-11,14H,3,6-7,9H2,1-2H3,(H,18,19). The van der Waals surface area contributed by atoms with Gasteiger partial charge in [0, 0.05) is 0 Å². The minimum atomic E-state index is -1.12. The van der Waals surface area contributed by atoms with Crippen LogP contribution in [-0.4, -0.2) is 17.2 Å². The number of carbonyl (C=O) groups is 1. The van der Waals surface area contributed by atoms with E-state index in [9.17, 15) is 9.18 Å². The first-order valence-electron chi connectivity index (χ1n) is 7.10. The van der Waals surface area contributed by atoms with Crippen molar-refractivity contribution in [1.29, 1.82) is 0 Å². The molecule has 1 saturated carbocycles. The predicted octanol–water partition coefficient (Wildman–Crippen LogP) is 3.87. The Bertz CT molecular complexity index is 487. The minimum Gasteiger partial charge on any atom is -0.478 e.